The van der Waals surface area contributed by atoms with Gasteiger partial charge >= 0.3 is 18.3 Å². The molecule has 5 N–H and O–H groups in total. The molecular weight excluding hydrogens is 802 g/mol. The summed E-state index contributed by atoms with van der Waals surface area (Å²) in [5.74, 6) is 2.93. The summed E-state index contributed by atoms with van der Waals surface area (Å²) in [5.41, 5.74) is 4.47. The quantitative estimate of drug-likeness (QED) is 0.0535. The molecule has 0 aliphatic rings. The molecule has 2 heterocycles. The van der Waals surface area contributed by atoms with Crippen LogP contribution >= 0.6 is 12.4 Å². The van der Waals surface area contributed by atoms with Crippen LogP contribution in [0.2, 0.25) is 0 Å². The molecule has 0 saturated heterocycles. The number of hydrogen-bond donors (Lipinski definition) is 4. The van der Waals surface area contributed by atoms with E-state index >= 15 is 0 Å². The zero-order valence-corrected chi connectivity index (χ0v) is 31.0. The fraction of sp³-hybridized carbons (Fsp3) is 0.222. The van der Waals surface area contributed by atoms with Crippen LogP contribution in [0.25, 0.3) is 22.8 Å². The first-order valence-electron chi connectivity index (χ1n) is 16.6. The number of amides is 1. The molecule has 1 amide bonds. The standard InChI is InChI=1S/C19H17F3N4O2.C17H14F3N5O2.ClH.H3NO/c1-2-28-17(27)12-26-24-18(23-25-26)16-6-4-3-5-14(16)11-13-7-9-15(10-8-13)19(20,21)22;18-17(19,20)13-7-5-11(6-8-13)9-12-3-1-2-4-14(12)16-21-24-25(22-16)10-15(26)23-27;;1-2/h3-10H,2,11-12H2,1H3;1-8,27H,9-10H2,(H,23,26);1H;2H,1H2. The number of nitrogens with one attached hydrogen (secondary N) is 1. The second kappa shape index (κ2) is 21.3. The molecule has 2 aromatic heterocycles. The lowest BCUT2D eigenvalue weighted by Gasteiger charge is -2.09. The Hall–Kier alpha value is -6.29. The topological polar surface area (TPSA) is 209 Å². The van der Waals surface area contributed by atoms with E-state index in [2.05, 4.69) is 36.7 Å². The molecule has 0 radical (unpaired) electrons. The fourth-order valence-corrected chi connectivity index (χ4v) is 5.17. The number of nitrogens with two attached hydrogens (primary N) is 1. The summed E-state index contributed by atoms with van der Waals surface area (Å²) in [7, 11) is 0. The van der Waals surface area contributed by atoms with E-state index in [1.54, 1.807) is 37.3 Å². The number of tetrazole rings is 2. The first-order chi connectivity index (χ1) is 27.2. The van der Waals surface area contributed by atoms with Gasteiger partial charge in [-0.2, -0.15) is 35.9 Å². The molecule has 0 bridgehead atoms. The highest BCUT2D eigenvalue weighted by molar-refractivity contribution is 5.85. The van der Waals surface area contributed by atoms with E-state index in [9.17, 15) is 35.9 Å². The van der Waals surface area contributed by atoms with Gasteiger partial charge in [0.1, 0.15) is 6.54 Å². The number of rotatable bonds is 11. The first-order valence-corrected chi connectivity index (χ1v) is 16.6. The molecule has 0 unspecified atom stereocenters. The van der Waals surface area contributed by atoms with Gasteiger partial charge in [-0.05, 0) is 76.7 Å². The van der Waals surface area contributed by atoms with Gasteiger partial charge in [-0.1, -0.05) is 72.8 Å². The fourth-order valence-electron chi connectivity index (χ4n) is 5.17. The van der Waals surface area contributed by atoms with Gasteiger partial charge in [0.2, 0.25) is 11.6 Å². The van der Waals surface area contributed by atoms with Gasteiger partial charge in [0.15, 0.2) is 6.54 Å². The van der Waals surface area contributed by atoms with E-state index in [1.165, 1.54) is 29.7 Å². The lowest BCUT2D eigenvalue weighted by atomic mass is 9.98. The minimum atomic E-state index is -4.38. The Balaban J connectivity index is 0.000000293. The largest absolute Gasteiger partial charge is 0.465 e. The Morgan fingerprint density at radius 3 is 1.45 bits per heavy atom. The van der Waals surface area contributed by atoms with Gasteiger partial charge < -0.3 is 9.94 Å². The van der Waals surface area contributed by atoms with E-state index in [0.717, 1.165) is 50.5 Å². The number of hydroxylamine groups is 1. The summed E-state index contributed by atoms with van der Waals surface area (Å²) in [4.78, 5) is 24.9. The summed E-state index contributed by atoms with van der Waals surface area (Å²) in [6.07, 6.45) is -7.96. The molecule has 0 aliphatic heterocycles. The molecule has 0 atom stereocenters. The monoisotopic (exact) mass is 836 g/mol. The highest BCUT2D eigenvalue weighted by Crippen LogP contribution is 2.31. The molecule has 15 nitrogen and oxygen atoms in total. The van der Waals surface area contributed by atoms with Crippen LogP contribution in [0.4, 0.5) is 26.3 Å². The minimum Gasteiger partial charge on any atom is -0.465 e. The number of alkyl halides is 6. The van der Waals surface area contributed by atoms with Crippen LogP contribution in [0.3, 0.4) is 0 Å². The van der Waals surface area contributed by atoms with Gasteiger partial charge in [0.25, 0.3) is 5.91 Å². The SMILES string of the molecule is CCOC(=O)Cn1nnc(-c2ccccc2Cc2ccc(C(F)(F)F)cc2)n1.Cl.NO.O=C(Cn1nnc(-c2ccccc2Cc2ccc(C(F)(F)F)cc2)n1)NO. The van der Waals surface area contributed by atoms with E-state index in [-0.39, 0.29) is 37.9 Å². The maximum atomic E-state index is 12.7. The number of hydrogen-bond acceptors (Lipinski definition) is 12. The van der Waals surface area contributed by atoms with Gasteiger partial charge in [-0.3, -0.25) is 10.0 Å². The lowest BCUT2D eigenvalue weighted by Crippen LogP contribution is -2.25. The normalized spacial score (nSPS) is 10.9. The maximum absolute atomic E-state index is 12.7. The van der Waals surface area contributed by atoms with E-state index in [4.69, 9.17) is 15.2 Å². The van der Waals surface area contributed by atoms with Crippen LogP contribution in [0.5, 0.6) is 0 Å². The third-order valence-electron chi connectivity index (χ3n) is 7.76. The smallest absolute Gasteiger partial charge is 0.416 e. The summed E-state index contributed by atoms with van der Waals surface area (Å²) in [5, 5.41) is 38.8. The summed E-state index contributed by atoms with van der Waals surface area (Å²) in [6.45, 7) is 1.51. The molecule has 0 saturated carbocycles. The van der Waals surface area contributed by atoms with E-state index < -0.39 is 35.4 Å². The second-order valence-corrected chi connectivity index (χ2v) is 11.7. The Morgan fingerprint density at radius 1 is 0.672 bits per heavy atom. The molecule has 58 heavy (non-hydrogen) atoms. The number of carbonyl (C=O) groups excluding carboxylic acids is 2. The predicted octanol–water partition coefficient (Wildman–Crippen LogP) is 5.72. The van der Waals surface area contributed by atoms with E-state index in [1.807, 2.05) is 18.2 Å². The molecule has 0 aliphatic carbocycles. The Morgan fingerprint density at radius 2 is 1.07 bits per heavy atom. The van der Waals surface area contributed by atoms with Crippen molar-refractivity contribution in [3.8, 4) is 22.8 Å². The zero-order valence-electron chi connectivity index (χ0n) is 30.2. The number of esters is 1. The minimum absolute atomic E-state index is 0. The van der Waals surface area contributed by atoms with Crippen molar-refractivity contribution < 1.29 is 51.1 Å². The molecule has 0 fully saturated rings. The number of nitrogens with zero attached hydrogens (tertiary/aromatic N) is 8. The number of aromatic nitrogens is 8. The average molecular weight is 837 g/mol. The molecule has 6 aromatic rings. The molecular formula is C36H35ClF6N10O5. The maximum Gasteiger partial charge on any atom is 0.416 e. The van der Waals surface area contributed by atoms with Crippen molar-refractivity contribution in [2.24, 2.45) is 5.90 Å². The second-order valence-electron chi connectivity index (χ2n) is 11.7. The van der Waals surface area contributed by atoms with Crippen molar-refractivity contribution in [3.63, 3.8) is 0 Å². The third kappa shape index (κ3) is 13.1. The Kier molecular flexibility index (Phi) is 16.9. The van der Waals surface area contributed by atoms with Crippen molar-refractivity contribution in [3.05, 3.63) is 130 Å². The summed E-state index contributed by atoms with van der Waals surface area (Å²) < 4.78 is 81.0. The highest BCUT2D eigenvalue weighted by Gasteiger charge is 2.31. The van der Waals surface area contributed by atoms with Gasteiger partial charge in [0.05, 0.1) is 17.7 Å². The first kappa shape index (κ1) is 46.1. The van der Waals surface area contributed by atoms with Gasteiger partial charge in [-0.25, -0.2) is 16.2 Å². The third-order valence-corrected chi connectivity index (χ3v) is 7.76. The highest BCUT2D eigenvalue weighted by atomic mass is 35.5. The molecule has 4 aromatic carbocycles. The van der Waals surface area contributed by atoms with Crippen molar-refractivity contribution in [1.82, 2.24) is 45.9 Å². The van der Waals surface area contributed by atoms with Crippen LogP contribution in [0, 0.1) is 0 Å². The lowest BCUT2D eigenvalue weighted by molar-refractivity contribution is -0.144. The molecule has 308 valence electrons. The Labute approximate surface area is 331 Å². The summed E-state index contributed by atoms with van der Waals surface area (Å²) in [6, 6.07) is 24.4. The van der Waals surface area contributed by atoms with E-state index in [0.29, 0.717) is 35.4 Å². The number of carbonyl (C=O) groups is 2. The van der Waals surface area contributed by atoms with Crippen LogP contribution in [-0.4, -0.2) is 69.3 Å². The predicted molar refractivity (Wildman–Crippen MR) is 195 cm³/mol. The number of halogens is 7. The van der Waals surface area contributed by atoms with Crippen LogP contribution in [-0.2, 0) is 52.6 Å². The Bertz CT molecular complexity index is 2220. The van der Waals surface area contributed by atoms with Crippen molar-refractivity contribution >= 4 is 24.3 Å². The number of benzene rings is 4. The average Bonchev–Trinajstić information content (AvgIpc) is 3.86. The van der Waals surface area contributed by atoms with Gasteiger partial charge in [0, 0.05) is 11.1 Å². The number of ether oxygens (including phenoxy) is 1. The summed E-state index contributed by atoms with van der Waals surface area (Å²) >= 11 is 0. The van der Waals surface area contributed by atoms with Crippen molar-refractivity contribution in [2.75, 3.05) is 6.61 Å². The van der Waals surface area contributed by atoms with Crippen LogP contribution in [0.15, 0.2) is 97.1 Å². The zero-order chi connectivity index (χ0) is 41.6. The van der Waals surface area contributed by atoms with Gasteiger partial charge in [-0.15, -0.1) is 32.8 Å². The molecule has 22 heteroatoms. The van der Waals surface area contributed by atoms with Crippen LogP contribution in [0.1, 0.15) is 40.3 Å². The molecule has 0 spiro atoms. The molecule has 6 rings (SSSR count). The van der Waals surface area contributed by atoms with Crippen molar-refractivity contribution in [2.45, 2.75) is 45.2 Å². The van der Waals surface area contributed by atoms with Crippen molar-refractivity contribution in [1.29, 1.82) is 0 Å². The van der Waals surface area contributed by atoms with Crippen LogP contribution < -0.4 is 11.4 Å².